The van der Waals surface area contributed by atoms with E-state index in [0.29, 0.717) is 42.2 Å². The van der Waals surface area contributed by atoms with Crippen molar-refractivity contribution < 1.29 is 42.7 Å². The van der Waals surface area contributed by atoms with Gasteiger partial charge in [0.05, 0.1) is 43.0 Å². The highest BCUT2D eigenvalue weighted by Gasteiger charge is 2.39. The van der Waals surface area contributed by atoms with Crippen molar-refractivity contribution in [1.29, 1.82) is 0 Å². The molecule has 1 aliphatic heterocycles. The van der Waals surface area contributed by atoms with Crippen molar-refractivity contribution in [2.75, 3.05) is 66.1 Å². The van der Waals surface area contributed by atoms with Gasteiger partial charge in [0.25, 0.3) is 0 Å². The van der Waals surface area contributed by atoms with Crippen LogP contribution in [-0.2, 0) is 46.0 Å². The molecule has 2 aliphatic rings. The van der Waals surface area contributed by atoms with Gasteiger partial charge in [0.2, 0.25) is 17.7 Å². The molecule has 1 saturated heterocycles. The lowest BCUT2D eigenvalue weighted by atomic mass is 9.89. The number of anilines is 1. The van der Waals surface area contributed by atoms with Crippen LogP contribution in [0.4, 0.5) is 5.88 Å². The van der Waals surface area contributed by atoms with Gasteiger partial charge in [-0.15, -0.1) is 0 Å². The van der Waals surface area contributed by atoms with E-state index >= 15 is 0 Å². The maximum Gasteiger partial charge on any atom is 0.246 e. The van der Waals surface area contributed by atoms with Crippen LogP contribution in [0.25, 0.3) is 0 Å². The second-order valence-electron chi connectivity index (χ2n) is 16.6. The number of hydrogen-bond acceptors (Lipinski definition) is 12. The van der Waals surface area contributed by atoms with E-state index in [1.807, 2.05) is 48.6 Å². The number of nitrogens with zero attached hydrogens (tertiary/aromatic N) is 4. The minimum atomic E-state index is -0.904. The minimum Gasteiger partial charge on any atom is -0.395 e. The van der Waals surface area contributed by atoms with E-state index in [9.17, 15) is 19.5 Å². The molecule has 14 nitrogen and oxygen atoms in total. The van der Waals surface area contributed by atoms with Crippen LogP contribution in [0.15, 0.2) is 21.2 Å². The Morgan fingerprint density at radius 3 is 2.11 bits per heavy atom. The quantitative estimate of drug-likeness (QED) is 0.205. The van der Waals surface area contributed by atoms with E-state index in [1.54, 1.807) is 45.0 Å². The summed E-state index contributed by atoms with van der Waals surface area (Å²) in [6.45, 7) is 18.2. The third-order valence-electron chi connectivity index (χ3n) is 11.0. The van der Waals surface area contributed by atoms with Gasteiger partial charge >= 0.3 is 0 Å². The van der Waals surface area contributed by atoms with Crippen molar-refractivity contribution in [3.05, 3.63) is 29.3 Å². The number of aliphatic hydroxyl groups is 1. The van der Waals surface area contributed by atoms with Crippen molar-refractivity contribution in [3.63, 3.8) is 0 Å². The predicted molar refractivity (Wildman–Crippen MR) is 200 cm³/mol. The molecule has 0 spiro atoms. The largest absolute Gasteiger partial charge is 0.395 e. The number of ether oxygens (including phenoxy) is 3. The lowest BCUT2D eigenvalue weighted by Gasteiger charge is -2.37. The number of amides is 2. The number of rotatable bonds is 17. The molecule has 0 atom stereocenters. The van der Waals surface area contributed by atoms with Crippen molar-refractivity contribution in [3.8, 4) is 0 Å². The zero-order chi connectivity index (χ0) is 39.6. The van der Waals surface area contributed by atoms with Crippen molar-refractivity contribution in [1.82, 2.24) is 20.1 Å². The molecule has 0 unspecified atom stereocenters. The van der Waals surface area contributed by atoms with E-state index in [2.05, 4.69) is 20.5 Å². The van der Waals surface area contributed by atoms with Crippen LogP contribution in [0.1, 0.15) is 111 Å². The highest BCUT2D eigenvalue weighted by atomic mass is 16.5. The summed E-state index contributed by atoms with van der Waals surface area (Å²) >= 11 is 0. The third-order valence-corrected chi connectivity index (χ3v) is 11.0. The van der Waals surface area contributed by atoms with Gasteiger partial charge in [-0.3, -0.25) is 24.6 Å². The summed E-state index contributed by atoms with van der Waals surface area (Å²) in [5.41, 5.74) is -1.51. The Kier molecular flexibility index (Phi) is 15.8. The molecule has 300 valence electrons. The number of nitrogens with one attached hydrogen (secondary N) is 1. The van der Waals surface area contributed by atoms with Gasteiger partial charge in [0.1, 0.15) is 17.1 Å². The molecule has 53 heavy (non-hydrogen) atoms. The molecule has 0 aromatic carbocycles. The standard InChI is InChI=1S/C20H35N3O5.C19H30N2O4/c1-19(2,23(5)14-15-7-9-26-10-8-15)18(24)21-17-13-16(22-28-17)20(3,4)27-12-11-25-6;1-18(2,12-22)15-10-14(25-20-15)11-16(23)19(3,4)21(5)17(24)13-8-6-7-9-13/h13,15H,7-12,14H2,1-6H3,(H,21,24);10,13,22H,6-9,11-12H2,1-5H3. The molecule has 4 rings (SSSR count). The number of carbonyl (C=O) groups excluding carboxylic acids is 3. The number of aliphatic hydroxyl groups excluding tert-OH is 1. The SMILES string of the molecule is CN(C(=O)C1CCCC1)C(C)(C)C(=O)Cc1cc(C(C)(C)CO)no1.COCCOC(C)(C)c1cc(NC(=O)C(C)(C)N(C)CC2CCOCC2)on1. The Morgan fingerprint density at radius 1 is 0.887 bits per heavy atom. The van der Waals surface area contributed by atoms with Crippen LogP contribution in [0.3, 0.4) is 0 Å². The molecule has 1 aliphatic carbocycles. The predicted octanol–water partition coefficient (Wildman–Crippen LogP) is 5.13. The minimum absolute atomic E-state index is 0.0410. The lowest BCUT2D eigenvalue weighted by molar-refractivity contribution is -0.145. The third kappa shape index (κ3) is 11.9. The van der Waals surface area contributed by atoms with E-state index in [4.69, 9.17) is 23.3 Å². The summed E-state index contributed by atoms with van der Waals surface area (Å²) < 4.78 is 26.8. The van der Waals surface area contributed by atoms with Gasteiger partial charge in [-0.05, 0) is 80.2 Å². The first kappa shape index (κ1) is 44.2. The van der Waals surface area contributed by atoms with Crippen LogP contribution in [-0.4, -0.2) is 115 Å². The fourth-order valence-corrected chi connectivity index (χ4v) is 6.13. The molecule has 1 saturated carbocycles. The van der Waals surface area contributed by atoms with Crippen molar-refractivity contribution in [2.45, 2.75) is 122 Å². The lowest BCUT2D eigenvalue weighted by Crippen LogP contribution is -2.52. The van der Waals surface area contributed by atoms with E-state index in [1.165, 1.54) is 0 Å². The zero-order valence-corrected chi connectivity index (χ0v) is 34.0. The molecule has 2 amide bonds. The molecular formula is C39H65N5O9. The smallest absolute Gasteiger partial charge is 0.246 e. The monoisotopic (exact) mass is 747 g/mol. The summed E-state index contributed by atoms with van der Waals surface area (Å²) in [6, 6.07) is 3.42. The average Bonchev–Trinajstić information content (AvgIpc) is 3.92. The Labute approximate surface area is 315 Å². The van der Waals surface area contributed by atoms with Gasteiger partial charge < -0.3 is 33.3 Å². The Balaban J connectivity index is 0.000000287. The van der Waals surface area contributed by atoms with Gasteiger partial charge in [-0.25, -0.2) is 0 Å². The van der Waals surface area contributed by atoms with E-state index in [0.717, 1.165) is 58.3 Å². The average molecular weight is 748 g/mol. The maximum absolute atomic E-state index is 12.9. The number of hydrogen-bond donors (Lipinski definition) is 2. The number of carbonyl (C=O) groups is 3. The topological polar surface area (TPSA) is 170 Å². The Bertz CT molecular complexity index is 1470. The summed E-state index contributed by atoms with van der Waals surface area (Å²) in [7, 11) is 5.31. The van der Waals surface area contributed by atoms with Gasteiger partial charge in [-0.2, -0.15) is 0 Å². The van der Waals surface area contributed by atoms with Crippen LogP contribution in [0, 0.1) is 11.8 Å². The normalized spacial score (nSPS) is 16.4. The number of ketones is 1. The summed E-state index contributed by atoms with van der Waals surface area (Å²) in [5.74, 6) is 1.18. The molecule has 2 fully saturated rings. The zero-order valence-electron chi connectivity index (χ0n) is 34.0. The first-order valence-electron chi connectivity index (χ1n) is 18.8. The number of Topliss-reactive ketones (excluding diaryl/α,β-unsaturated/α-hetero) is 1. The summed E-state index contributed by atoms with van der Waals surface area (Å²) in [5, 5.41) is 20.3. The molecular weight excluding hydrogens is 682 g/mol. The van der Waals surface area contributed by atoms with Crippen LogP contribution in [0.2, 0.25) is 0 Å². The first-order chi connectivity index (χ1) is 24.8. The fraction of sp³-hybridized carbons (Fsp3) is 0.769. The number of methoxy groups -OCH3 is 1. The molecule has 0 radical (unpaired) electrons. The van der Waals surface area contributed by atoms with Crippen LogP contribution in [0.5, 0.6) is 0 Å². The molecule has 0 bridgehead atoms. The Morgan fingerprint density at radius 2 is 1.51 bits per heavy atom. The molecule has 2 N–H and O–H groups in total. The maximum atomic E-state index is 12.9. The van der Waals surface area contributed by atoms with E-state index in [-0.39, 0.29) is 36.5 Å². The van der Waals surface area contributed by atoms with Gasteiger partial charge in [-0.1, -0.05) is 37.0 Å². The number of aromatic nitrogens is 2. The Hall–Kier alpha value is -3.17. The first-order valence-corrected chi connectivity index (χ1v) is 18.8. The summed E-state index contributed by atoms with van der Waals surface area (Å²) in [4.78, 5) is 42.0. The van der Waals surface area contributed by atoms with E-state index < -0.39 is 22.1 Å². The van der Waals surface area contributed by atoms with Crippen molar-refractivity contribution >= 4 is 23.5 Å². The fourth-order valence-electron chi connectivity index (χ4n) is 6.13. The molecule has 2 aromatic heterocycles. The molecule has 2 aromatic rings. The molecule has 3 heterocycles. The van der Waals surface area contributed by atoms with Crippen LogP contribution < -0.4 is 5.32 Å². The van der Waals surface area contributed by atoms with Gasteiger partial charge in [0, 0.05) is 57.4 Å². The van der Waals surface area contributed by atoms with Crippen molar-refractivity contribution in [2.24, 2.45) is 11.8 Å². The van der Waals surface area contributed by atoms with Gasteiger partial charge in [0.15, 0.2) is 5.78 Å². The highest BCUT2D eigenvalue weighted by molar-refractivity contribution is 5.96. The second kappa shape index (κ2) is 18.9. The molecule has 14 heteroatoms. The second-order valence-corrected chi connectivity index (χ2v) is 16.6. The summed E-state index contributed by atoms with van der Waals surface area (Å²) in [6.07, 6.45) is 6.13. The number of likely N-dealkylation sites (N-methyl/N-ethyl adjacent to an activating group) is 2. The highest BCUT2D eigenvalue weighted by Crippen LogP contribution is 2.30. The van der Waals surface area contributed by atoms with Crippen LogP contribution >= 0.6 is 0 Å².